The molecular weight excluding hydrogens is 414 g/mol. The lowest BCUT2D eigenvalue weighted by Gasteiger charge is -2.12. The van der Waals surface area contributed by atoms with Gasteiger partial charge in [0.05, 0.1) is 25.7 Å². The molecule has 0 unspecified atom stereocenters. The van der Waals surface area contributed by atoms with E-state index in [1.165, 1.54) is 23.5 Å². The van der Waals surface area contributed by atoms with Crippen molar-refractivity contribution in [1.29, 1.82) is 0 Å². The molecule has 1 amide bonds. The molecular formula is C19H20ClN5O3S. The Morgan fingerprint density at radius 1 is 1.21 bits per heavy atom. The summed E-state index contributed by atoms with van der Waals surface area (Å²) in [5.41, 5.74) is 2.17. The van der Waals surface area contributed by atoms with E-state index in [-0.39, 0.29) is 11.7 Å². The van der Waals surface area contributed by atoms with Crippen LogP contribution in [0.3, 0.4) is 0 Å². The first kappa shape index (κ1) is 20.8. The third-order valence-electron chi connectivity index (χ3n) is 4.10. The number of benzene rings is 2. The number of hydrogen-bond acceptors (Lipinski definition) is 7. The van der Waals surface area contributed by atoms with Crippen LogP contribution in [-0.4, -0.2) is 40.8 Å². The lowest BCUT2D eigenvalue weighted by Crippen LogP contribution is -2.17. The van der Waals surface area contributed by atoms with Crippen LogP contribution in [0.25, 0.3) is 11.4 Å². The molecule has 152 valence electrons. The number of rotatable bonds is 7. The predicted molar refractivity (Wildman–Crippen MR) is 114 cm³/mol. The summed E-state index contributed by atoms with van der Waals surface area (Å²) in [4.78, 5) is 12.4. The molecule has 0 aliphatic rings. The third-order valence-corrected chi connectivity index (χ3v) is 5.45. The molecule has 0 bridgehead atoms. The van der Waals surface area contributed by atoms with E-state index in [2.05, 4.69) is 15.5 Å². The average Bonchev–Trinajstić information content (AvgIpc) is 3.09. The number of anilines is 1. The minimum atomic E-state index is -0.232. The molecule has 3 aromatic rings. The van der Waals surface area contributed by atoms with Gasteiger partial charge >= 0.3 is 0 Å². The number of carbonyl (C=O) groups is 1. The standard InChI is InChI=1S/C19H20ClN5O3S/c1-11-8-15(16(28-3)9-14(11)20)22-17(26)10-29-19-24-23-18(25(19)21)12-4-6-13(27-2)7-5-12/h4-9H,10,21H2,1-3H3,(H,22,26). The van der Waals surface area contributed by atoms with E-state index < -0.39 is 0 Å². The maximum absolute atomic E-state index is 12.4. The molecule has 0 saturated heterocycles. The summed E-state index contributed by atoms with van der Waals surface area (Å²) in [5, 5.41) is 12.0. The van der Waals surface area contributed by atoms with Gasteiger partial charge in [-0.05, 0) is 42.8 Å². The van der Waals surface area contributed by atoms with Gasteiger partial charge in [0.2, 0.25) is 11.1 Å². The Labute approximate surface area is 177 Å². The number of nitrogen functional groups attached to an aromatic ring is 1. The van der Waals surface area contributed by atoms with E-state index in [9.17, 15) is 4.79 Å². The highest BCUT2D eigenvalue weighted by molar-refractivity contribution is 7.99. The van der Waals surface area contributed by atoms with Gasteiger partial charge in [-0.15, -0.1) is 10.2 Å². The van der Waals surface area contributed by atoms with Crippen molar-refractivity contribution < 1.29 is 14.3 Å². The Bertz CT molecular complexity index is 1020. The van der Waals surface area contributed by atoms with Gasteiger partial charge in [-0.3, -0.25) is 4.79 Å². The van der Waals surface area contributed by atoms with Crippen LogP contribution in [0.5, 0.6) is 11.5 Å². The van der Waals surface area contributed by atoms with E-state index in [0.29, 0.717) is 27.4 Å². The largest absolute Gasteiger partial charge is 0.497 e. The second kappa shape index (κ2) is 9.06. The van der Waals surface area contributed by atoms with Crippen LogP contribution in [0.1, 0.15) is 5.56 Å². The van der Waals surface area contributed by atoms with Gasteiger partial charge in [0.25, 0.3) is 0 Å². The van der Waals surface area contributed by atoms with Crippen LogP contribution < -0.4 is 20.6 Å². The fourth-order valence-corrected chi connectivity index (χ4v) is 3.37. The zero-order chi connectivity index (χ0) is 21.0. The molecule has 0 saturated carbocycles. The van der Waals surface area contributed by atoms with Gasteiger partial charge < -0.3 is 20.6 Å². The minimum Gasteiger partial charge on any atom is -0.497 e. The van der Waals surface area contributed by atoms with Crippen molar-refractivity contribution in [3.8, 4) is 22.9 Å². The molecule has 0 spiro atoms. The minimum absolute atomic E-state index is 0.1000. The van der Waals surface area contributed by atoms with Crippen molar-refractivity contribution in [2.75, 3.05) is 31.1 Å². The number of thioether (sulfide) groups is 1. The molecule has 3 N–H and O–H groups in total. The van der Waals surface area contributed by atoms with Gasteiger partial charge in [-0.2, -0.15) is 0 Å². The molecule has 29 heavy (non-hydrogen) atoms. The van der Waals surface area contributed by atoms with Crippen LogP contribution >= 0.6 is 23.4 Å². The van der Waals surface area contributed by atoms with Crippen molar-refractivity contribution >= 4 is 35.0 Å². The zero-order valence-corrected chi connectivity index (χ0v) is 17.7. The number of halogens is 1. The second-order valence-electron chi connectivity index (χ2n) is 6.04. The first-order valence-corrected chi connectivity index (χ1v) is 9.91. The van der Waals surface area contributed by atoms with E-state index in [1.807, 2.05) is 31.2 Å². The number of ether oxygens (including phenoxy) is 2. The van der Waals surface area contributed by atoms with E-state index in [1.54, 1.807) is 19.2 Å². The lowest BCUT2D eigenvalue weighted by atomic mass is 10.2. The molecule has 0 radical (unpaired) electrons. The molecule has 0 atom stereocenters. The summed E-state index contributed by atoms with van der Waals surface area (Å²) < 4.78 is 11.8. The average molecular weight is 434 g/mol. The van der Waals surface area contributed by atoms with Crippen LogP contribution in [-0.2, 0) is 4.79 Å². The number of nitrogens with one attached hydrogen (secondary N) is 1. The Kier molecular flexibility index (Phi) is 6.50. The highest BCUT2D eigenvalue weighted by Gasteiger charge is 2.15. The van der Waals surface area contributed by atoms with E-state index >= 15 is 0 Å². The van der Waals surface area contributed by atoms with Gasteiger partial charge in [0.15, 0.2) is 5.82 Å². The summed E-state index contributed by atoms with van der Waals surface area (Å²) in [6.07, 6.45) is 0. The molecule has 8 nitrogen and oxygen atoms in total. The van der Waals surface area contributed by atoms with Crippen molar-refractivity contribution in [1.82, 2.24) is 14.9 Å². The Morgan fingerprint density at radius 3 is 2.59 bits per heavy atom. The maximum Gasteiger partial charge on any atom is 0.234 e. The van der Waals surface area contributed by atoms with Crippen molar-refractivity contribution in [2.45, 2.75) is 12.1 Å². The van der Waals surface area contributed by atoms with Crippen LogP contribution in [0.15, 0.2) is 41.6 Å². The molecule has 10 heteroatoms. The summed E-state index contributed by atoms with van der Waals surface area (Å²) in [6.45, 7) is 1.85. The summed E-state index contributed by atoms with van der Waals surface area (Å²) in [7, 11) is 3.12. The topological polar surface area (TPSA) is 104 Å². The summed E-state index contributed by atoms with van der Waals surface area (Å²) in [6, 6.07) is 10.7. The fraction of sp³-hybridized carbons (Fsp3) is 0.211. The first-order chi connectivity index (χ1) is 13.9. The fourth-order valence-electron chi connectivity index (χ4n) is 2.56. The number of hydrogen-bond donors (Lipinski definition) is 2. The van der Waals surface area contributed by atoms with Crippen LogP contribution in [0, 0.1) is 6.92 Å². The molecule has 1 heterocycles. The van der Waals surface area contributed by atoms with Crippen LogP contribution in [0.4, 0.5) is 5.69 Å². The first-order valence-electron chi connectivity index (χ1n) is 8.54. The smallest absolute Gasteiger partial charge is 0.234 e. The number of methoxy groups -OCH3 is 2. The molecule has 0 aliphatic carbocycles. The molecule has 3 rings (SSSR count). The zero-order valence-electron chi connectivity index (χ0n) is 16.1. The maximum atomic E-state index is 12.4. The molecule has 0 aliphatic heterocycles. The quantitative estimate of drug-likeness (QED) is 0.434. The number of nitrogens with zero attached hydrogens (tertiary/aromatic N) is 3. The molecule has 0 fully saturated rings. The lowest BCUT2D eigenvalue weighted by molar-refractivity contribution is -0.113. The van der Waals surface area contributed by atoms with Crippen molar-refractivity contribution in [3.05, 3.63) is 47.0 Å². The van der Waals surface area contributed by atoms with Gasteiger partial charge in [-0.1, -0.05) is 23.4 Å². The number of aromatic nitrogens is 3. The number of amides is 1. The SMILES string of the molecule is COc1ccc(-c2nnc(SCC(=O)Nc3cc(C)c(Cl)cc3OC)n2N)cc1. The van der Waals surface area contributed by atoms with Gasteiger partial charge in [0.1, 0.15) is 11.5 Å². The van der Waals surface area contributed by atoms with E-state index in [0.717, 1.165) is 16.9 Å². The highest BCUT2D eigenvalue weighted by Crippen LogP contribution is 2.31. The second-order valence-corrected chi connectivity index (χ2v) is 7.39. The number of aryl methyl sites for hydroxylation is 1. The van der Waals surface area contributed by atoms with Gasteiger partial charge in [-0.25, -0.2) is 4.68 Å². The van der Waals surface area contributed by atoms with Crippen LogP contribution in [0.2, 0.25) is 5.02 Å². The normalized spacial score (nSPS) is 10.6. The van der Waals surface area contributed by atoms with Gasteiger partial charge in [0, 0.05) is 16.7 Å². The Balaban J connectivity index is 1.67. The number of nitrogens with two attached hydrogens (primary N) is 1. The summed E-state index contributed by atoms with van der Waals surface area (Å²) >= 11 is 7.27. The number of carbonyl (C=O) groups excluding carboxylic acids is 1. The Morgan fingerprint density at radius 2 is 1.93 bits per heavy atom. The molecule has 1 aromatic heterocycles. The van der Waals surface area contributed by atoms with E-state index in [4.69, 9.17) is 26.9 Å². The third kappa shape index (κ3) is 4.75. The predicted octanol–water partition coefficient (Wildman–Crippen LogP) is 3.37. The monoisotopic (exact) mass is 433 g/mol. The highest BCUT2D eigenvalue weighted by atomic mass is 35.5. The Hall–Kier alpha value is -2.91. The summed E-state index contributed by atoms with van der Waals surface area (Å²) in [5.74, 6) is 7.68. The van der Waals surface area contributed by atoms with Crippen molar-refractivity contribution in [3.63, 3.8) is 0 Å². The molecule has 2 aromatic carbocycles. The van der Waals surface area contributed by atoms with Crippen molar-refractivity contribution in [2.24, 2.45) is 0 Å².